The molecule has 3 heteroatoms. The lowest BCUT2D eigenvalue weighted by Gasteiger charge is -2.28. The van der Waals surface area contributed by atoms with Crippen LogP contribution in [-0.2, 0) is 4.79 Å². The Morgan fingerprint density at radius 1 is 1.35 bits per heavy atom. The van der Waals surface area contributed by atoms with Crippen LogP contribution in [0.25, 0.3) is 0 Å². The number of nitrogens with zero attached hydrogens (tertiary/aromatic N) is 1. The number of carbonyl (C=O) groups is 1. The van der Waals surface area contributed by atoms with E-state index in [-0.39, 0.29) is 6.04 Å². The lowest BCUT2D eigenvalue weighted by atomic mass is 9.84. The summed E-state index contributed by atoms with van der Waals surface area (Å²) in [6, 6.07) is 6.88. The van der Waals surface area contributed by atoms with Gasteiger partial charge in [0.2, 0.25) is 0 Å². The highest BCUT2D eigenvalue weighted by atomic mass is 16.4. The monoisotopic (exact) mass is 275 g/mol. The van der Waals surface area contributed by atoms with Crippen LogP contribution in [0.4, 0.5) is 0 Å². The summed E-state index contributed by atoms with van der Waals surface area (Å²) < 4.78 is 0. The molecule has 3 nitrogen and oxygen atoms in total. The summed E-state index contributed by atoms with van der Waals surface area (Å²) in [5.41, 5.74) is 3.28. The fourth-order valence-electron chi connectivity index (χ4n) is 3.31. The van der Waals surface area contributed by atoms with E-state index >= 15 is 0 Å². The summed E-state index contributed by atoms with van der Waals surface area (Å²) >= 11 is 0. The first-order chi connectivity index (χ1) is 9.38. The summed E-state index contributed by atoms with van der Waals surface area (Å²) in [5, 5.41) is 9.50. The highest BCUT2D eigenvalue weighted by molar-refractivity contribution is 5.75. The zero-order chi connectivity index (χ0) is 14.9. The summed E-state index contributed by atoms with van der Waals surface area (Å²) in [4.78, 5) is 13.9. The van der Waals surface area contributed by atoms with Gasteiger partial charge in [0.15, 0.2) is 0 Å². The molecule has 1 aliphatic heterocycles. The van der Waals surface area contributed by atoms with Crippen LogP contribution in [0.2, 0.25) is 0 Å². The molecule has 2 rings (SSSR count). The molecule has 0 spiro atoms. The molecule has 1 saturated heterocycles. The zero-order valence-electron chi connectivity index (χ0n) is 12.9. The van der Waals surface area contributed by atoms with E-state index in [2.05, 4.69) is 43.9 Å². The number of benzene rings is 1. The van der Waals surface area contributed by atoms with E-state index < -0.39 is 11.4 Å². The van der Waals surface area contributed by atoms with Crippen molar-refractivity contribution in [2.45, 2.75) is 46.6 Å². The standard InChI is InChI=1S/C17H25NO2/c1-5-17(16(19)20)6-7-18(11-17)14(4)15-9-12(2)8-13(3)10-15/h8-10,14H,5-7,11H2,1-4H3,(H,19,20). The molecule has 0 amide bonds. The van der Waals surface area contributed by atoms with E-state index in [0.29, 0.717) is 13.0 Å². The van der Waals surface area contributed by atoms with Crippen molar-refractivity contribution < 1.29 is 9.90 Å². The molecule has 0 saturated carbocycles. The van der Waals surface area contributed by atoms with Crippen molar-refractivity contribution in [1.29, 1.82) is 0 Å². The lowest BCUT2D eigenvalue weighted by Crippen LogP contribution is -2.35. The largest absolute Gasteiger partial charge is 0.481 e. The van der Waals surface area contributed by atoms with Crippen molar-refractivity contribution in [3.05, 3.63) is 34.9 Å². The maximum Gasteiger partial charge on any atom is 0.310 e. The minimum Gasteiger partial charge on any atom is -0.481 e. The van der Waals surface area contributed by atoms with E-state index in [1.165, 1.54) is 16.7 Å². The van der Waals surface area contributed by atoms with E-state index in [4.69, 9.17) is 0 Å². The van der Waals surface area contributed by atoms with Gasteiger partial charge in [0.1, 0.15) is 0 Å². The molecule has 1 heterocycles. The average molecular weight is 275 g/mol. The molecular weight excluding hydrogens is 250 g/mol. The third kappa shape index (κ3) is 2.73. The Hall–Kier alpha value is -1.35. The minimum atomic E-state index is -0.643. The van der Waals surface area contributed by atoms with Crippen molar-refractivity contribution in [3.8, 4) is 0 Å². The number of hydrogen-bond acceptors (Lipinski definition) is 2. The van der Waals surface area contributed by atoms with Gasteiger partial charge in [-0.1, -0.05) is 36.2 Å². The van der Waals surface area contributed by atoms with Crippen molar-refractivity contribution in [2.75, 3.05) is 13.1 Å². The van der Waals surface area contributed by atoms with Gasteiger partial charge < -0.3 is 5.11 Å². The number of carboxylic acid groups (broad SMARTS) is 1. The quantitative estimate of drug-likeness (QED) is 0.913. The van der Waals surface area contributed by atoms with Gasteiger partial charge in [-0.15, -0.1) is 0 Å². The van der Waals surface area contributed by atoms with Crippen LogP contribution in [0, 0.1) is 19.3 Å². The fourth-order valence-corrected chi connectivity index (χ4v) is 3.31. The van der Waals surface area contributed by atoms with E-state index in [0.717, 1.165) is 13.0 Å². The molecule has 110 valence electrons. The Morgan fingerprint density at radius 2 is 1.95 bits per heavy atom. The Kier molecular flexibility index (Phi) is 4.19. The topological polar surface area (TPSA) is 40.5 Å². The van der Waals surface area contributed by atoms with Gasteiger partial charge in [0.25, 0.3) is 0 Å². The highest BCUT2D eigenvalue weighted by Gasteiger charge is 2.44. The van der Waals surface area contributed by atoms with Crippen LogP contribution in [0.5, 0.6) is 0 Å². The Morgan fingerprint density at radius 3 is 2.40 bits per heavy atom. The first kappa shape index (κ1) is 15.0. The maximum atomic E-state index is 11.5. The van der Waals surface area contributed by atoms with Crippen LogP contribution < -0.4 is 0 Å². The van der Waals surface area contributed by atoms with Gasteiger partial charge in [-0.05, 0) is 45.7 Å². The van der Waals surface area contributed by atoms with Gasteiger partial charge in [-0.25, -0.2) is 0 Å². The van der Waals surface area contributed by atoms with Crippen molar-refractivity contribution >= 4 is 5.97 Å². The third-order valence-electron chi connectivity index (χ3n) is 4.79. The van der Waals surface area contributed by atoms with Crippen molar-refractivity contribution in [1.82, 2.24) is 4.90 Å². The van der Waals surface area contributed by atoms with Gasteiger partial charge in [-0.2, -0.15) is 0 Å². The molecule has 1 aromatic rings. The van der Waals surface area contributed by atoms with Crippen molar-refractivity contribution in [2.24, 2.45) is 5.41 Å². The molecule has 1 aliphatic rings. The van der Waals surface area contributed by atoms with Gasteiger partial charge in [0.05, 0.1) is 5.41 Å². The number of carboxylic acids is 1. The van der Waals surface area contributed by atoms with E-state index in [1.807, 2.05) is 6.92 Å². The van der Waals surface area contributed by atoms with Crippen LogP contribution in [0.3, 0.4) is 0 Å². The summed E-state index contributed by atoms with van der Waals surface area (Å²) in [5.74, 6) is -0.643. The number of likely N-dealkylation sites (tertiary alicyclic amines) is 1. The first-order valence-electron chi connectivity index (χ1n) is 7.43. The number of aryl methyl sites for hydroxylation is 2. The highest BCUT2D eigenvalue weighted by Crippen LogP contribution is 2.38. The summed E-state index contributed by atoms with van der Waals surface area (Å²) in [7, 11) is 0. The molecule has 20 heavy (non-hydrogen) atoms. The zero-order valence-corrected chi connectivity index (χ0v) is 12.9. The molecule has 0 bridgehead atoms. The van der Waals surface area contributed by atoms with Gasteiger partial charge in [0, 0.05) is 12.6 Å². The van der Waals surface area contributed by atoms with Gasteiger partial charge >= 0.3 is 5.97 Å². The van der Waals surface area contributed by atoms with Crippen LogP contribution in [-0.4, -0.2) is 29.1 Å². The van der Waals surface area contributed by atoms with Crippen molar-refractivity contribution in [3.63, 3.8) is 0 Å². The van der Waals surface area contributed by atoms with Gasteiger partial charge in [-0.3, -0.25) is 9.69 Å². The second kappa shape index (κ2) is 5.57. The van der Waals surface area contributed by atoms with Crippen LogP contribution >= 0.6 is 0 Å². The molecular formula is C17H25NO2. The Bertz CT molecular complexity index is 491. The smallest absolute Gasteiger partial charge is 0.310 e. The summed E-state index contributed by atoms with van der Waals surface area (Å²) in [6.45, 7) is 9.92. The molecule has 0 aliphatic carbocycles. The maximum absolute atomic E-state index is 11.5. The third-order valence-corrected chi connectivity index (χ3v) is 4.79. The van der Waals surface area contributed by atoms with Crippen LogP contribution in [0.1, 0.15) is 49.4 Å². The molecule has 2 unspecified atom stereocenters. The molecule has 2 atom stereocenters. The normalized spacial score (nSPS) is 24.8. The second-order valence-electron chi connectivity index (χ2n) is 6.26. The molecule has 1 N–H and O–H groups in total. The second-order valence-corrected chi connectivity index (χ2v) is 6.26. The average Bonchev–Trinajstić information content (AvgIpc) is 2.82. The number of hydrogen-bond donors (Lipinski definition) is 1. The summed E-state index contributed by atoms with van der Waals surface area (Å²) in [6.07, 6.45) is 1.46. The fraction of sp³-hybridized carbons (Fsp3) is 0.588. The van der Waals surface area contributed by atoms with Crippen LogP contribution in [0.15, 0.2) is 18.2 Å². The molecule has 0 aromatic heterocycles. The SMILES string of the molecule is CCC1(C(=O)O)CCN(C(C)c2cc(C)cc(C)c2)C1. The number of rotatable bonds is 4. The predicted molar refractivity (Wildman–Crippen MR) is 80.9 cm³/mol. The van der Waals surface area contributed by atoms with E-state index in [1.54, 1.807) is 0 Å². The lowest BCUT2D eigenvalue weighted by molar-refractivity contribution is -0.148. The molecule has 1 fully saturated rings. The Labute approximate surface area is 121 Å². The number of aliphatic carboxylic acids is 1. The Balaban J connectivity index is 2.19. The molecule has 1 aromatic carbocycles. The minimum absolute atomic E-state index is 0.279. The van der Waals surface area contributed by atoms with E-state index in [9.17, 15) is 9.90 Å². The molecule has 0 radical (unpaired) electrons. The first-order valence-corrected chi connectivity index (χ1v) is 7.43. The predicted octanol–water partition coefficient (Wildman–Crippen LogP) is 3.55.